The molecule has 0 radical (unpaired) electrons. The Hall–Kier alpha value is -2.21. The van der Waals surface area contributed by atoms with Crippen molar-refractivity contribution in [3.63, 3.8) is 0 Å². The van der Waals surface area contributed by atoms with Gasteiger partial charge in [0.05, 0.1) is 6.04 Å². The summed E-state index contributed by atoms with van der Waals surface area (Å²) in [6.07, 6.45) is 6.94. The Morgan fingerprint density at radius 1 is 1.04 bits per heavy atom. The predicted molar refractivity (Wildman–Crippen MR) is 119 cm³/mol. The molecule has 0 bridgehead atoms. The highest BCUT2D eigenvalue weighted by Gasteiger charge is 2.26. The fraction of sp³-hybridized carbons (Fsp3) is 0.304. The summed E-state index contributed by atoms with van der Waals surface area (Å²) in [5.74, 6) is 0. The number of aromatic nitrogens is 2. The molecule has 144 valence electrons. The van der Waals surface area contributed by atoms with E-state index in [4.69, 9.17) is 0 Å². The Labute approximate surface area is 170 Å². The van der Waals surface area contributed by atoms with Crippen molar-refractivity contribution in [3.05, 3.63) is 66.5 Å². The van der Waals surface area contributed by atoms with Gasteiger partial charge >= 0.3 is 0 Å². The molecule has 1 saturated heterocycles. The molecule has 2 N–H and O–H groups in total. The zero-order valence-corrected chi connectivity index (χ0v) is 17.0. The van der Waals surface area contributed by atoms with Crippen LogP contribution < -0.4 is 4.72 Å². The van der Waals surface area contributed by atoms with E-state index in [2.05, 4.69) is 80.9 Å². The van der Waals surface area contributed by atoms with Gasteiger partial charge in [0, 0.05) is 52.7 Å². The molecule has 4 nitrogen and oxygen atoms in total. The lowest BCUT2D eigenvalue weighted by atomic mass is 10.0. The van der Waals surface area contributed by atoms with Crippen LogP contribution in [-0.4, -0.2) is 34.1 Å². The third kappa shape index (κ3) is 3.24. The maximum absolute atomic E-state index is 3.68. The second-order valence-corrected chi connectivity index (χ2v) is 8.55. The fourth-order valence-electron chi connectivity index (χ4n) is 4.47. The van der Waals surface area contributed by atoms with Crippen molar-refractivity contribution in [1.82, 2.24) is 19.2 Å². The van der Waals surface area contributed by atoms with Gasteiger partial charge in [-0.1, -0.05) is 24.3 Å². The maximum Gasteiger partial charge on any atom is 0.0503 e. The molecule has 0 saturated carbocycles. The van der Waals surface area contributed by atoms with Crippen molar-refractivity contribution in [2.24, 2.45) is 7.05 Å². The number of H-pyrrole nitrogens is 1. The average molecular weight is 391 g/mol. The number of likely N-dealkylation sites (tertiary alicyclic amines) is 1. The number of aryl methyl sites for hydroxylation is 1. The van der Waals surface area contributed by atoms with E-state index >= 15 is 0 Å². The van der Waals surface area contributed by atoms with Gasteiger partial charge < -0.3 is 9.55 Å². The Bertz CT molecular complexity index is 1090. The predicted octanol–water partition coefficient (Wildman–Crippen LogP) is 5.09. The molecule has 1 fully saturated rings. The van der Waals surface area contributed by atoms with Crippen molar-refractivity contribution in [2.75, 3.05) is 19.6 Å². The Morgan fingerprint density at radius 2 is 1.89 bits per heavy atom. The van der Waals surface area contributed by atoms with Gasteiger partial charge in [-0.3, -0.25) is 9.62 Å². The van der Waals surface area contributed by atoms with Crippen LogP contribution in [-0.2, 0) is 7.05 Å². The van der Waals surface area contributed by atoms with Gasteiger partial charge in [-0.15, -0.1) is 0 Å². The third-order valence-corrected chi connectivity index (χ3v) is 6.77. The third-order valence-electron chi connectivity index (χ3n) is 5.88. The van der Waals surface area contributed by atoms with Gasteiger partial charge in [0.1, 0.15) is 0 Å². The number of aromatic amines is 1. The highest BCUT2D eigenvalue weighted by atomic mass is 32.2. The van der Waals surface area contributed by atoms with E-state index in [9.17, 15) is 0 Å². The largest absolute Gasteiger partial charge is 0.361 e. The van der Waals surface area contributed by atoms with Crippen LogP contribution in [0.25, 0.3) is 21.8 Å². The Balaban J connectivity index is 1.40. The lowest BCUT2D eigenvalue weighted by Crippen LogP contribution is -2.32. The number of nitrogens with zero attached hydrogens (tertiary/aromatic N) is 2. The van der Waals surface area contributed by atoms with Gasteiger partial charge in [-0.2, -0.15) is 0 Å². The van der Waals surface area contributed by atoms with Crippen molar-refractivity contribution < 1.29 is 0 Å². The van der Waals surface area contributed by atoms with E-state index in [-0.39, 0.29) is 0 Å². The number of rotatable bonds is 6. The molecule has 2 aromatic carbocycles. The first kappa shape index (κ1) is 17.9. The van der Waals surface area contributed by atoms with Crippen molar-refractivity contribution in [3.8, 4) is 0 Å². The van der Waals surface area contributed by atoms with E-state index in [0.717, 1.165) is 6.54 Å². The molecule has 1 atom stereocenters. The van der Waals surface area contributed by atoms with Crippen LogP contribution in [0.4, 0.5) is 0 Å². The maximum atomic E-state index is 3.68. The molecule has 5 rings (SSSR count). The van der Waals surface area contributed by atoms with Crippen molar-refractivity contribution in [1.29, 1.82) is 0 Å². The molecule has 0 aliphatic carbocycles. The topological polar surface area (TPSA) is 36.0 Å². The lowest BCUT2D eigenvalue weighted by Gasteiger charge is -2.27. The van der Waals surface area contributed by atoms with Crippen LogP contribution >= 0.6 is 11.9 Å². The summed E-state index contributed by atoms with van der Waals surface area (Å²) in [4.78, 5) is 7.22. The molecule has 1 unspecified atom stereocenters. The van der Waals surface area contributed by atoms with Gasteiger partial charge in [-0.25, -0.2) is 0 Å². The number of fused-ring (bicyclic) bond motifs is 2. The monoisotopic (exact) mass is 390 g/mol. The first-order valence-corrected chi connectivity index (χ1v) is 10.9. The van der Waals surface area contributed by atoms with Crippen LogP contribution in [0.1, 0.15) is 24.4 Å². The molecule has 1 aliphatic heterocycles. The van der Waals surface area contributed by atoms with Crippen molar-refractivity contribution >= 4 is 33.8 Å². The van der Waals surface area contributed by atoms with Crippen molar-refractivity contribution in [2.45, 2.75) is 23.8 Å². The summed E-state index contributed by atoms with van der Waals surface area (Å²) >= 11 is 1.75. The van der Waals surface area contributed by atoms with E-state index in [1.807, 2.05) is 6.20 Å². The number of hydrogen-bond donors (Lipinski definition) is 2. The summed E-state index contributed by atoms with van der Waals surface area (Å²) in [6.45, 7) is 3.31. The lowest BCUT2D eigenvalue weighted by molar-refractivity contribution is 0.249. The molecule has 1 aliphatic rings. The van der Waals surface area contributed by atoms with Crippen LogP contribution in [0, 0.1) is 0 Å². The van der Waals surface area contributed by atoms with Gasteiger partial charge in [0.15, 0.2) is 0 Å². The molecular formula is C23H26N4S. The summed E-state index contributed by atoms with van der Waals surface area (Å²) in [7, 11) is 2.15. The molecule has 5 heteroatoms. The van der Waals surface area contributed by atoms with Crippen LogP contribution in [0.2, 0.25) is 0 Å². The molecule has 28 heavy (non-hydrogen) atoms. The van der Waals surface area contributed by atoms with Gasteiger partial charge in [0.2, 0.25) is 0 Å². The minimum atomic E-state index is 0.395. The fourth-order valence-corrected chi connectivity index (χ4v) is 5.30. The molecule has 4 aromatic rings. The summed E-state index contributed by atoms with van der Waals surface area (Å²) in [5, 5.41) is 2.66. The van der Waals surface area contributed by atoms with Crippen LogP contribution in [0.5, 0.6) is 0 Å². The second-order valence-electron chi connectivity index (χ2n) is 7.62. The zero-order chi connectivity index (χ0) is 18.9. The average Bonchev–Trinajstić information content (AvgIpc) is 3.47. The number of para-hydroxylation sites is 1. The van der Waals surface area contributed by atoms with Gasteiger partial charge in [-0.05, 0) is 67.7 Å². The van der Waals surface area contributed by atoms with E-state index in [0.29, 0.717) is 6.04 Å². The molecule has 0 amide bonds. The molecule has 0 spiro atoms. The second kappa shape index (κ2) is 7.66. The van der Waals surface area contributed by atoms with Crippen LogP contribution in [0.3, 0.4) is 0 Å². The minimum Gasteiger partial charge on any atom is -0.361 e. The quantitative estimate of drug-likeness (QED) is 0.450. The van der Waals surface area contributed by atoms with Gasteiger partial charge in [0.25, 0.3) is 0 Å². The number of nitrogens with one attached hydrogen (secondary N) is 2. The Morgan fingerprint density at radius 3 is 2.79 bits per heavy atom. The first-order chi connectivity index (χ1) is 13.8. The number of hydrogen-bond acceptors (Lipinski definition) is 3. The Kier molecular flexibility index (Phi) is 4.89. The molecule has 3 heterocycles. The van der Waals surface area contributed by atoms with E-state index in [1.165, 1.54) is 58.2 Å². The normalized spacial score (nSPS) is 16.3. The summed E-state index contributed by atoms with van der Waals surface area (Å²) in [6, 6.07) is 17.7. The zero-order valence-electron chi connectivity index (χ0n) is 16.2. The van der Waals surface area contributed by atoms with E-state index in [1.54, 1.807) is 11.9 Å². The highest BCUT2D eigenvalue weighted by Crippen LogP contribution is 2.33. The molecular weight excluding hydrogens is 364 g/mol. The first-order valence-electron chi connectivity index (χ1n) is 10.0. The standard InChI is InChI=1S/C23H26N4S/c1-26-16-19(17-7-2-3-9-21(17)26)22(27-13-4-5-14-27)15-25-28-23-10-6-8-20-18(23)11-12-24-20/h2-3,6-12,16,22,24-25H,4-5,13-15H2,1H3. The smallest absolute Gasteiger partial charge is 0.0503 e. The molecule has 2 aromatic heterocycles. The SMILES string of the molecule is Cn1cc(C(CNSc2cccc3[nH]ccc23)N2CCCC2)c2ccccc21. The minimum absolute atomic E-state index is 0.395. The highest BCUT2D eigenvalue weighted by molar-refractivity contribution is 7.97. The van der Waals surface area contributed by atoms with Crippen LogP contribution in [0.15, 0.2) is 65.8 Å². The number of benzene rings is 2. The van der Waals surface area contributed by atoms with E-state index < -0.39 is 0 Å². The summed E-state index contributed by atoms with van der Waals surface area (Å²) in [5.41, 5.74) is 3.94. The summed E-state index contributed by atoms with van der Waals surface area (Å²) < 4.78 is 5.95.